The predicted molar refractivity (Wildman–Crippen MR) is 42.0 cm³/mol. The maximum absolute atomic E-state index is 5.79. The van der Waals surface area contributed by atoms with Crippen LogP contribution < -0.4 is 9.47 Å². The van der Waals surface area contributed by atoms with Crippen LogP contribution in [0, 0.1) is 6.92 Å². The lowest BCUT2D eigenvalue weighted by molar-refractivity contribution is 0.174. The first kappa shape index (κ1) is 6.80. The van der Waals surface area contributed by atoms with Crippen LogP contribution in [0.5, 0.6) is 11.5 Å². The van der Waals surface area contributed by atoms with Gasteiger partial charge in [-0.3, -0.25) is 0 Å². The van der Waals surface area contributed by atoms with Gasteiger partial charge in [0.1, 0.15) is 0 Å². The number of rotatable bonds is 0. The molecule has 0 aromatic heterocycles. The summed E-state index contributed by atoms with van der Waals surface area (Å²) in [5.74, 6) is 1.42. The van der Waals surface area contributed by atoms with Crippen LogP contribution in [0.25, 0.3) is 0 Å². The van der Waals surface area contributed by atoms with Crippen LogP contribution in [0.3, 0.4) is 0 Å². The highest BCUT2D eigenvalue weighted by Gasteiger charge is 2.14. The number of ether oxygens (including phenoxy) is 2. The zero-order chi connectivity index (χ0) is 7.84. The van der Waals surface area contributed by atoms with Crippen molar-refractivity contribution in [3.8, 4) is 11.5 Å². The molecule has 0 atom stereocenters. The lowest BCUT2D eigenvalue weighted by atomic mass is 10.2. The van der Waals surface area contributed by atoms with Crippen molar-refractivity contribution in [2.45, 2.75) is 0 Å². The van der Waals surface area contributed by atoms with Gasteiger partial charge in [-0.05, 0) is 18.6 Å². The Hall–Kier alpha value is -0.890. The Bertz CT molecular complexity index is 267. The fourth-order valence-electron chi connectivity index (χ4n) is 0.959. The van der Waals surface area contributed by atoms with E-state index in [9.17, 15) is 0 Å². The summed E-state index contributed by atoms with van der Waals surface area (Å²) in [6, 6.07) is 3.48. The molecule has 0 unspecified atom stereocenters. The van der Waals surface area contributed by atoms with Crippen LogP contribution in [0.4, 0.5) is 0 Å². The van der Waals surface area contributed by atoms with Gasteiger partial charge >= 0.3 is 0 Å². The highest BCUT2D eigenvalue weighted by molar-refractivity contribution is 6.31. The highest BCUT2D eigenvalue weighted by Crippen LogP contribution is 2.36. The minimum atomic E-state index is 0.273. The Balaban J connectivity index is 2.57. The second kappa shape index (κ2) is 2.31. The van der Waals surface area contributed by atoms with Crippen LogP contribution in [0.2, 0.25) is 5.02 Å². The summed E-state index contributed by atoms with van der Waals surface area (Å²) in [4.78, 5) is 0. The first-order chi connectivity index (χ1) is 5.27. The highest BCUT2D eigenvalue weighted by atomic mass is 35.5. The number of hydrogen-bond donors (Lipinski definition) is 0. The third-order valence-electron chi connectivity index (χ3n) is 1.54. The second-order valence-electron chi connectivity index (χ2n) is 2.30. The molecule has 1 aromatic rings. The van der Waals surface area contributed by atoms with E-state index in [1.807, 2.05) is 0 Å². The lowest BCUT2D eigenvalue weighted by Gasteiger charge is -1.98. The minimum absolute atomic E-state index is 0.273. The topological polar surface area (TPSA) is 18.5 Å². The second-order valence-corrected chi connectivity index (χ2v) is 2.70. The van der Waals surface area contributed by atoms with Gasteiger partial charge < -0.3 is 9.47 Å². The lowest BCUT2D eigenvalue weighted by Crippen LogP contribution is -1.92. The van der Waals surface area contributed by atoms with Gasteiger partial charge in [0, 0.05) is 11.1 Å². The molecule has 3 heteroatoms. The molecule has 1 radical (unpaired) electrons. The van der Waals surface area contributed by atoms with Gasteiger partial charge in [-0.2, -0.15) is 0 Å². The average Bonchev–Trinajstić information content (AvgIpc) is 2.36. The summed E-state index contributed by atoms with van der Waals surface area (Å²) in [6.07, 6.45) is 0. The molecule has 0 aliphatic carbocycles. The van der Waals surface area contributed by atoms with Crippen molar-refractivity contribution in [3.05, 3.63) is 29.6 Å². The molecule has 0 fully saturated rings. The van der Waals surface area contributed by atoms with Crippen LogP contribution >= 0.6 is 11.6 Å². The molecule has 0 N–H and O–H groups in total. The molecule has 57 valence electrons. The molecule has 0 saturated carbocycles. The standard InChI is InChI=1S/C8H6ClO2/c1-5-2-7-8(3-6(5)9)11-4-10-7/h2-3H,1,4H2. The molecule has 1 aliphatic heterocycles. The van der Waals surface area contributed by atoms with Gasteiger partial charge in [-0.1, -0.05) is 11.6 Å². The van der Waals surface area contributed by atoms with Gasteiger partial charge in [0.15, 0.2) is 11.5 Å². The smallest absolute Gasteiger partial charge is 0.231 e. The fourth-order valence-corrected chi connectivity index (χ4v) is 1.11. The quantitative estimate of drug-likeness (QED) is 0.593. The van der Waals surface area contributed by atoms with Crippen molar-refractivity contribution >= 4 is 11.6 Å². The number of fused-ring (bicyclic) bond motifs is 1. The summed E-state index contributed by atoms with van der Waals surface area (Å²) >= 11 is 5.79. The van der Waals surface area contributed by atoms with E-state index in [-0.39, 0.29) is 6.79 Å². The van der Waals surface area contributed by atoms with Crippen LogP contribution in [-0.4, -0.2) is 6.79 Å². The van der Waals surface area contributed by atoms with Crippen molar-refractivity contribution < 1.29 is 9.47 Å². The van der Waals surface area contributed by atoms with E-state index in [1.165, 1.54) is 0 Å². The molecule has 2 nitrogen and oxygen atoms in total. The Labute approximate surface area is 69.7 Å². The van der Waals surface area contributed by atoms with E-state index < -0.39 is 0 Å². The molecule has 1 heterocycles. The average molecular weight is 170 g/mol. The Morgan fingerprint density at radius 3 is 2.64 bits per heavy atom. The summed E-state index contributed by atoms with van der Waals surface area (Å²) in [5, 5.41) is 0.606. The first-order valence-electron chi connectivity index (χ1n) is 3.18. The third-order valence-corrected chi connectivity index (χ3v) is 1.89. The fraction of sp³-hybridized carbons (Fsp3) is 0.125. The van der Waals surface area contributed by atoms with Gasteiger partial charge in [0.05, 0.1) is 0 Å². The van der Waals surface area contributed by atoms with Gasteiger partial charge in [-0.25, -0.2) is 0 Å². The molecule has 0 amide bonds. The van der Waals surface area contributed by atoms with Crippen LogP contribution in [0.1, 0.15) is 5.56 Å². The first-order valence-corrected chi connectivity index (χ1v) is 3.56. The van der Waals surface area contributed by atoms with E-state index in [0.717, 1.165) is 11.3 Å². The molecular formula is C8H6ClO2. The molecule has 2 rings (SSSR count). The van der Waals surface area contributed by atoms with Gasteiger partial charge in [0.2, 0.25) is 6.79 Å². The summed E-state index contributed by atoms with van der Waals surface area (Å²) in [6.45, 7) is 4.00. The third kappa shape index (κ3) is 1.03. The largest absolute Gasteiger partial charge is 0.454 e. The van der Waals surface area contributed by atoms with Crippen molar-refractivity contribution in [1.29, 1.82) is 0 Å². The Morgan fingerprint density at radius 2 is 1.91 bits per heavy atom. The molecular weight excluding hydrogens is 164 g/mol. The number of halogens is 1. The Kier molecular flexibility index (Phi) is 1.43. The maximum atomic E-state index is 5.79. The Morgan fingerprint density at radius 1 is 1.27 bits per heavy atom. The number of benzene rings is 1. The molecule has 1 aromatic carbocycles. The van der Waals surface area contributed by atoms with Gasteiger partial charge in [0.25, 0.3) is 0 Å². The molecule has 0 saturated heterocycles. The van der Waals surface area contributed by atoms with Crippen molar-refractivity contribution in [2.75, 3.05) is 6.79 Å². The molecule has 0 spiro atoms. The van der Waals surface area contributed by atoms with Crippen LogP contribution in [0.15, 0.2) is 12.1 Å². The molecule has 0 bridgehead atoms. The molecule has 1 aliphatic rings. The number of hydrogen-bond acceptors (Lipinski definition) is 2. The van der Waals surface area contributed by atoms with Crippen molar-refractivity contribution in [1.82, 2.24) is 0 Å². The van der Waals surface area contributed by atoms with E-state index in [1.54, 1.807) is 12.1 Å². The minimum Gasteiger partial charge on any atom is -0.454 e. The zero-order valence-corrected chi connectivity index (χ0v) is 6.52. The van der Waals surface area contributed by atoms with Gasteiger partial charge in [-0.15, -0.1) is 0 Å². The van der Waals surface area contributed by atoms with Crippen LogP contribution in [-0.2, 0) is 0 Å². The van der Waals surface area contributed by atoms with E-state index in [4.69, 9.17) is 21.1 Å². The van der Waals surface area contributed by atoms with E-state index >= 15 is 0 Å². The zero-order valence-electron chi connectivity index (χ0n) is 5.76. The summed E-state index contributed by atoms with van der Waals surface area (Å²) in [7, 11) is 0. The van der Waals surface area contributed by atoms with E-state index in [2.05, 4.69) is 6.92 Å². The van der Waals surface area contributed by atoms with E-state index in [0.29, 0.717) is 10.8 Å². The summed E-state index contributed by atoms with van der Waals surface area (Å²) < 4.78 is 10.2. The SMILES string of the molecule is [CH2]c1cc2c(cc1Cl)OCO2. The van der Waals surface area contributed by atoms with Crippen molar-refractivity contribution in [2.24, 2.45) is 0 Å². The normalized spacial score (nSPS) is 13.6. The van der Waals surface area contributed by atoms with Crippen molar-refractivity contribution in [3.63, 3.8) is 0 Å². The monoisotopic (exact) mass is 169 g/mol. The molecule has 11 heavy (non-hydrogen) atoms. The predicted octanol–water partition coefficient (Wildman–Crippen LogP) is 2.25. The summed E-state index contributed by atoms with van der Waals surface area (Å²) in [5.41, 5.74) is 0.760. The maximum Gasteiger partial charge on any atom is 0.231 e.